The maximum atomic E-state index is 12.7. The maximum Gasteiger partial charge on any atom is 0.274 e. The van der Waals surface area contributed by atoms with Gasteiger partial charge >= 0.3 is 0 Å². The van der Waals surface area contributed by atoms with E-state index in [1.807, 2.05) is 50.2 Å². The summed E-state index contributed by atoms with van der Waals surface area (Å²) in [5, 5.41) is 5.72. The number of hydrogen-bond acceptors (Lipinski definition) is 4. The molecule has 6 heteroatoms. The average molecular weight is 374 g/mol. The van der Waals surface area contributed by atoms with Gasteiger partial charge in [-0.3, -0.25) is 19.6 Å². The predicted octanol–water partition coefficient (Wildman–Crippen LogP) is 3.53. The average Bonchev–Trinajstić information content (AvgIpc) is 2.74. The van der Waals surface area contributed by atoms with Gasteiger partial charge in [-0.05, 0) is 48.7 Å². The van der Waals surface area contributed by atoms with E-state index in [4.69, 9.17) is 0 Å². The molecule has 0 radical (unpaired) electrons. The molecule has 2 amide bonds. The van der Waals surface area contributed by atoms with Gasteiger partial charge in [0.1, 0.15) is 5.69 Å². The zero-order valence-corrected chi connectivity index (χ0v) is 15.9. The van der Waals surface area contributed by atoms with Gasteiger partial charge < -0.3 is 10.6 Å². The highest BCUT2D eigenvalue weighted by Gasteiger charge is 2.14. The van der Waals surface area contributed by atoms with Crippen LogP contribution in [0.1, 0.15) is 44.6 Å². The molecule has 0 saturated heterocycles. The molecule has 28 heavy (non-hydrogen) atoms. The van der Waals surface area contributed by atoms with E-state index in [-0.39, 0.29) is 17.5 Å². The lowest BCUT2D eigenvalue weighted by atomic mass is 10.1. The molecule has 0 aliphatic heterocycles. The molecule has 0 atom stereocenters. The molecule has 2 aromatic heterocycles. The van der Waals surface area contributed by atoms with Crippen LogP contribution >= 0.6 is 0 Å². The van der Waals surface area contributed by atoms with E-state index in [2.05, 4.69) is 20.6 Å². The molecule has 0 aliphatic carbocycles. The van der Waals surface area contributed by atoms with Crippen LogP contribution in [0.25, 0.3) is 0 Å². The Labute approximate surface area is 164 Å². The molecule has 0 saturated carbocycles. The van der Waals surface area contributed by atoms with Crippen LogP contribution in [0.15, 0.2) is 60.9 Å². The zero-order valence-electron chi connectivity index (χ0n) is 15.9. The van der Waals surface area contributed by atoms with Crippen LogP contribution in [-0.2, 0) is 13.0 Å². The second-order valence-corrected chi connectivity index (χ2v) is 6.35. The van der Waals surface area contributed by atoms with Crippen LogP contribution in [0.4, 0.5) is 5.69 Å². The quantitative estimate of drug-likeness (QED) is 0.691. The van der Waals surface area contributed by atoms with Gasteiger partial charge in [-0.1, -0.05) is 31.2 Å². The summed E-state index contributed by atoms with van der Waals surface area (Å²) in [5.74, 6) is -0.629. The van der Waals surface area contributed by atoms with Crippen LogP contribution in [0.5, 0.6) is 0 Å². The molecule has 2 heterocycles. The Hall–Kier alpha value is -3.54. The molecule has 0 aliphatic rings. The molecule has 0 fully saturated rings. The Bertz CT molecular complexity index is 987. The summed E-state index contributed by atoms with van der Waals surface area (Å²) < 4.78 is 0. The van der Waals surface area contributed by atoms with Crippen molar-refractivity contribution < 1.29 is 9.59 Å². The normalized spacial score (nSPS) is 10.4. The number of amides is 2. The minimum absolute atomic E-state index is 0.191. The monoisotopic (exact) mass is 374 g/mol. The lowest BCUT2D eigenvalue weighted by molar-refractivity contribution is 0.0950. The molecule has 3 aromatic rings. The smallest absolute Gasteiger partial charge is 0.274 e. The van der Waals surface area contributed by atoms with Crippen molar-refractivity contribution in [1.82, 2.24) is 15.3 Å². The van der Waals surface area contributed by atoms with Gasteiger partial charge in [0, 0.05) is 23.6 Å². The van der Waals surface area contributed by atoms with Gasteiger partial charge in [-0.15, -0.1) is 0 Å². The van der Waals surface area contributed by atoms with Crippen LogP contribution in [0.3, 0.4) is 0 Å². The number of benzene rings is 1. The van der Waals surface area contributed by atoms with E-state index >= 15 is 0 Å². The first-order chi connectivity index (χ1) is 13.6. The molecule has 6 nitrogen and oxygen atoms in total. The number of aromatic nitrogens is 2. The summed E-state index contributed by atoms with van der Waals surface area (Å²) in [5.41, 5.74) is 4.15. The molecule has 1 aromatic carbocycles. The third-order valence-corrected chi connectivity index (χ3v) is 4.39. The van der Waals surface area contributed by atoms with Crippen molar-refractivity contribution in [3.63, 3.8) is 0 Å². The third-order valence-electron chi connectivity index (χ3n) is 4.39. The highest BCUT2D eigenvalue weighted by Crippen LogP contribution is 2.21. The number of para-hydroxylation sites is 1. The molecule has 0 spiro atoms. The highest BCUT2D eigenvalue weighted by molar-refractivity contribution is 6.05. The van der Waals surface area contributed by atoms with E-state index in [1.165, 1.54) is 12.3 Å². The number of anilines is 1. The topological polar surface area (TPSA) is 84.0 Å². The molecule has 0 unspecified atom stereocenters. The van der Waals surface area contributed by atoms with E-state index in [0.717, 1.165) is 28.9 Å². The number of carbonyl (C=O) groups is 2. The number of aryl methyl sites for hydroxylation is 2. The molecule has 2 N–H and O–H groups in total. The number of nitrogens with zero attached hydrogens (tertiary/aromatic N) is 2. The van der Waals surface area contributed by atoms with Crippen LogP contribution in [0, 0.1) is 6.92 Å². The summed E-state index contributed by atoms with van der Waals surface area (Å²) >= 11 is 0. The second kappa shape index (κ2) is 8.90. The van der Waals surface area contributed by atoms with Crippen molar-refractivity contribution >= 4 is 17.5 Å². The first-order valence-corrected chi connectivity index (χ1v) is 9.12. The minimum Gasteiger partial charge on any atom is -0.346 e. The fraction of sp³-hybridized carbons (Fsp3) is 0.182. The number of pyridine rings is 2. The summed E-state index contributed by atoms with van der Waals surface area (Å²) in [6.07, 6.45) is 3.94. The molecular formula is C22H22N4O2. The zero-order chi connectivity index (χ0) is 19.9. The standard InChI is InChI=1S/C22H22N4O2/c1-3-16-8-6-7-15(2)20(16)26-22(28)19-13-17(10-12-24-19)21(27)25-14-18-9-4-5-11-23-18/h4-13H,3,14H2,1-2H3,(H,25,27)(H,26,28). The van der Waals surface area contributed by atoms with E-state index in [9.17, 15) is 9.59 Å². The maximum absolute atomic E-state index is 12.7. The minimum atomic E-state index is -0.344. The SMILES string of the molecule is CCc1cccc(C)c1NC(=O)c1cc(C(=O)NCc2ccccn2)ccn1. The predicted molar refractivity (Wildman–Crippen MR) is 108 cm³/mol. The summed E-state index contributed by atoms with van der Waals surface area (Å²) in [7, 11) is 0. The second-order valence-electron chi connectivity index (χ2n) is 6.35. The summed E-state index contributed by atoms with van der Waals surface area (Å²) in [4.78, 5) is 33.4. The lowest BCUT2D eigenvalue weighted by Gasteiger charge is -2.13. The van der Waals surface area contributed by atoms with Crippen molar-refractivity contribution in [2.75, 3.05) is 5.32 Å². The summed E-state index contributed by atoms with van der Waals surface area (Å²) in [6, 6.07) is 14.5. The van der Waals surface area contributed by atoms with Crippen molar-refractivity contribution in [2.24, 2.45) is 0 Å². The molecule has 3 rings (SSSR count). The van der Waals surface area contributed by atoms with Crippen molar-refractivity contribution in [1.29, 1.82) is 0 Å². The first kappa shape index (κ1) is 19.2. The van der Waals surface area contributed by atoms with Crippen molar-refractivity contribution in [3.05, 3.63) is 89.0 Å². The van der Waals surface area contributed by atoms with Gasteiger partial charge in [-0.2, -0.15) is 0 Å². The van der Waals surface area contributed by atoms with Crippen molar-refractivity contribution in [3.8, 4) is 0 Å². The lowest BCUT2D eigenvalue weighted by Crippen LogP contribution is -2.24. The van der Waals surface area contributed by atoms with Crippen LogP contribution in [0.2, 0.25) is 0 Å². The van der Waals surface area contributed by atoms with Gasteiger partial charge in [-0.25, -0.2) is 0 Å². The van der Waals surface area contributed by atoms with Crippen molar-refractivity contribution in [2.45, 2.75) is 26.8 Å². The molecule has 0 bridgehead atoms. The fourth-order valence-corrected chi connectivity index (χ4v) is 2.85. The fourth-order valence-electron chi connectivity index (χ4n) is 2.85. The number of carbonyl (C=O) groups excluding carboxylic acids is 2. The Balaban J connectivity index is 1.72. The van der Waals surface area contributed by atoms with E-state index in [0.29, 0.717) is 12.1 Å². The summed E-state index contributed by atoms with van der Waals surface area (Å²) in [6.45, 7) is 4.30. The number of rotatable bonds is 6. The molecular weight excluding hydrogens is 352 g/mol. The van der Waals surface area contributed by atoms with Gasteiger partial charge in [0.15, 0.2) is 0 Å². The Morgan fingerprint density at radius 1 is 0.964 bits per heavy atom. The first-order valence-electron chi connectivity index (χ1n) is 9.12. The van der Waals surface area contributed by atoms with Gasteiger partial charge in [0.05, 0.1) is 12.2 Å². The molecule has 142 valence electrons. The number of nitrogens with one attached hydrogen (secondary N) is 2. The largest absolute Gasteiger partial charge is 0.346 e. The Kier molecular flexibility index (Phi) is 6.11. The third kappa shape index (κ3) is 4.59. The van der Waals surface area contributed by atoms with E-state index in [1.54, 1.807) is 12.3 Å². The Morgan fingerprint density at radius 2 is 1.82 bits per heavy atom. The van der Waals surface area contributed by atoms with Crippen LogP contribution in [-0.4, -0.2) is 21.8 Å². The number of hydrogen-bond donors (Lipinski definition) is 2. The highest BCUT2D eigenvalue weighted by atomic mass is 16.2. The van der Waals surface area contributed by atoms with E-state index < -0.39 is 0 Å². The van der Waals surface area contributed by atoms with Crippen LogP contribution < -0.4 is 10.6 Å². The van der Waals surface area contributed by atoms with Gasteiger partial charge in [0.25, 0.3) is 11.8 Å². The Morgan fingerprint density at radius 3 is 2.57 bits per heavy atom. The van der Waals surface area contributed by atoms with Gasteiger partial charge in [0.2, 0.25) is 0 Å².